The van der Waals surface area contributed by atoms with Crippen LogP contribution < -0.4 is 15.4 Å². The molecule has 6 nitrogen and oxygen atoms in total. The zero-order valence-electron chi connectivity index (χ0n) is 17.4. The van der Waals surface area contributed by atoms with E-state index in [0.29, 0.717) is 24.8 Å². The van der Waals surface area contributed by atoms with Crippen molar-refractivity contribution in [1.82, 2.24) is 15.5 Å². The van der Waals surface area contributed by atoms with Gasteiger partial charge in [0.15, 0.2) is 5.96 Å². The number of benzene rings is 2. The van der Waals surface area contributed by atoms with E-state index in [1.54, 1.807) is 26.3 Å². The minimum atomic E-state index is 0.234. The minimum absolute atomic E-state index is 0.234. The van der Waals surface area contributed by atoms with Gasteiger partial charge in [-0.05, 0) is 55.3 Å². The monoisotopic (exact) mass is 396 g/mol. The van der Waals surface area contributed by atoms with Crippen molar-refractivity contribution in [3.63, 3.8) is 0 Å². The van der Waals surface area contributed by atoms with Crippen molar-refractivity contribution in [3.8, 4) is 11.5 Å². The number of likely N-dealkylation sites (tertiary alicyclic amines) is 1. The lowest BCUT2D eigenvalue weighted by Gasteiger charge is -2.26. The number of guanidine groups is 1. The lowest BCUT2D eigenvalue weighted by atomic mass is 10.1. The van der Waals surface area contributed by atoms with Gasteiger partial charge in [-0.25, -0.2) is 0 Å². The van der Waals surface area contributed by atoms with Crippen LogP contribution in [-0.4, -0.2) is 43.2 Å². The Labute approximate surface area is 173 Å². The Morgan fingerprint density at radius 3 is 2.38 bits per heavy atom. The second-order valence-electron chi connectivity index (χ2n) is 7.43. The van der Waals surface area contributed by atoms with Gasteiger partial charge in [0.05, 0.1) is 7.11 Å². The van der Waals surface area contributed by atoms with Gasteiger partial charge in [-0.1, -0.05) is 30.7 Å². The molecule has 0 bridgehead atoms. The number of phenols is 1. The molecule has 6 heteroatoms. The van der Waals surface area contributed by atoms with E-state index in [1.165, 1.54) is 43.5 Å². The van der Waals surface area contributed by atoms with Crippen molar-refractivity contribution in [3.05, 3.63) is 59.2 Å². The highest BCUT2D eigenvalue weighted by Gasteiger charge is 2.10. The predicted octanol–water partition coefficient (Wildman–Crippen LogP) is 3.25. The molecule has 0 radical (unpaired) electrons. The maximum Gasteiger partial charge on any atom is 0.191 e. The number of hydrogen-bond acceptors (Lipinski definition) is 4. The van der Waals surface area contributed by atoms with Gasteiger partial charge in [-0.3, -0.25) is 9.89 Å². The largest absolute Gasteiger partial charge is 0.508 e. The number of rotatable bonds is 7. The highest BCUT2D eigenvalue weighted by molar-refractivity contribution is 5.79. The van der Waals surface area contributed by atoms with Crippen molar-refractivity contribution in [1.29, 1.82) is 0 Å². The van der Waals surface area contributed by atoms with Gasteiger partial charge >= 0.3 is 0 Å². The third kappa shape index (κ3) is 6.39. The number of aromatic hydroxyl groups is 1. The lowest BCUT2D eigenvalue weighted by Crippen LogP contribution is -2.36. The maximum absolute atomic E-state index is 10.0. The molecule has 2 aromatic carbocycles. The molecule has 0 spiro atoms. The Kier molecular flexibility index (Phi) is 7.76. The van der Waals surface area contributed by atoms with Gasteiger partial charge in [-0.2, -0.15) is 0 Å². The predicted molar refractivity (Wildman–Crippen MR) is 117 cm³/mol. The summed E-state index contributed by atoms with van der Waals surface area (Å²) in [6.07, 6.45) is 4.01. The molecular formula is C23H32N4O2. The first kappa shape index (κ1) is 21.0. The highest BCUT2D eigenvalue weighted by Crippen LogP contribution is 2.22. The summed E-state index contributed by atoms with van der Waals surface area (Å²) in [5.74, 6) is 1.63. The fourth-order valence-electron chi connectivity index (χ4n) is 3.55. The molecule has 1 aliphatic rings. The van der Waals surface area contributed by atoms with E-state index in [4.69, 9.17) is 4.74 Å². The van der Waals surface area contributed by atoms with Gasteiger partial charge in [0, 0.05) is 32.2 Å². The van der Waals surface area contributed by atoms with Crippen LogP contribution in [0, 0.1) is 0 Å². The number of phenolic OH excluding ortho intramolecular Hbond substituents is 1. The quantitative estimate of drug-likeness (QED) is 0.495. The topological polar surface area (TPSA) is 69.1 Å². The van der Waals surface area contributed by atoms with Gasteiger partial charge in [0.2, 0.25) is 0 Å². The first-order valence-corrected chi connectivity index (χ1v) is 10.3. The molecule has 0 unspecified atom stereocenters. The molecule has 156 valence electrons. The fourth-order valence-corrected chi connectivity index (χ4v) is 3.55. The lowest BCUT2D eigenvalue weighted by molar-refractivity contribution is 0.221. The summed E-state index contributed by atoms with van der Waals surface area (Å²) in [6, 6.07) is 14.0. The second kappa shape index (κ2) is 10.7. The van der Waals surface area contributed by atoms with Gasteiger partial charge in [0.1, 0.15) is 11.5 Å². The summed E-state index contributed by atoms with van der Waals surface area (Å²) in [5, 5.41) is 16.6. The van der Waals surface area contributed by atoms with E-state index in [9.17, 15) is 5.11 Å². The molecular weight excluding hydrogens is 364 g/mol. The number of aliphatic imine (C=N–C) groups is 1. The highest BCUT2D eigenvalue weighted by atomic mass is 16.5. The SMILES string of the molecule is CN=C(NCc1ccc(CN2CCCCC2)cc1)NCc1cc(OC)ccc1O. The van der Waals surface area contributed by atoms with Crippen molar-refractivity contribution < 1.29 is 9.84 Å². The van der Waals surface area contributed by atoms with E-state index in [-0.39, 0.29) is 5.75 Å². The number of methoxy groups -OCH3 is 1. The molecule has 0 amide bonds. The normalized spacial score (nSPS) is 15.2. The van der Waals surface area contributed by atoms with Crippen LogP contribution in [0.1, 0.15) is 36.0 Å². The number of hydrogen-bond donors (Lipinski definition) is 3. The zero-order valence-corrected chi connectivity index (χ0v) is 17.4. The Morgan fingerprint density at radius 1 is 1.00 bits per heavy atom. The Bertz CT molecular complexity index is 799. The molecule has 0 aromatic heterocycles. The van der Waals surface area contributed by atoms with Crippen LogP contribution in [0.25, 0.3) is 0 Å². The fraction of sp³-hybridized carbons (Fsp3) is 0.435. The Morgan fingerprint density at radius 2 is 1.69 bits per heavy atom. The molecule has 0 atom stereocenters. The second-order valence-corrected chi connectivity index (χ2v) is 7.43. The summed E-state index contributed by atoms with van der Waals surface area (Å²) in [6.45, 7) is 4.62. The number of nitrogens with zero attached hydrogens (tertiary/aromatic N) is 2. The van der Waals surface area contributed by atoms with E-state index in [2.05, 4.69) is 44.8 Å². The number of ether oxygens (including phenoxy) is 1. The maximum atomic E-state index is 10.0. The van der Waals surface area contributed by atoms with Gasteiger partial charge < -0.3 is 20.5 Å². The van der Waals surface area contributed by atoms with Crippen LogP contribution in [0.5, 0.6) is 11.5 Å². The van der Waals surface area contributed by atoms with Crippen LogP contribution in [0.4, 0.5) is 0 Å². The van der Waals surface area contributed by atoms with Crippen molar-refractivity contribution in [2.45, 2.75) is 38.9 Å². The smallest absolute Gasteiger partial charge is 0.191 e. The molecule has 0 aliphatic carbocycles. The van der Waals surface area contributed by atoms with Crippen LogP contribution in [0.3, 0.4) is 0 Å². The number of piperidine rings is 1. The van der Waals surface area contributed by atoms with Crippen molar-refractivity contribution in [2.75, 3.05) is 27.2 Å². The average Bonchev–Trinajstić information content (AvgIpc) is 2.76. The van der Waals surface area contributed by atoms with E-state index in [1.807, 2.05) is 6.07 Å². The van der Waals surface area contributed by atoms with Crippen LogP contribution >= 0.6 is 0 Å². The summed E-state index contributed by atoms with van der Waals surface area (Å²) in [4.78, 5) is 6.80. The summed E-state index contributed by atoms with van der Waals surface area (Å²) < 4.78 is 5.22. The molecule has 3 N–H and O–H groups in total. The van der Waals surface area contributed by atoms with Crippen LogP contribution in [0.15, 0.2) is 47.5 Å². The Balaban J connectivity index is 1.47. The first-order chi connectivity index (χ1) is 14.2. The van der Waals surface area contributed by atoms with Crippen LogP contribution in [0.2, 0.25) is 0 Å². The summed E-state index contributed by atoms with van der Waals surface area (Å²) >= 11 is 0. The third-order valence-electron chi connectivity index (χ3n) is 5.29. The minimum Gasteiger partial charge on any atom is -0.508 e. The van der Waals surface area contributed by atoms with E-state index >= 15 is 0 Å². The van der Waals surface area contributed by atoms with Crippen LogP contribution in [-0.2, 0) is 19.6 Å². The molecule has 1 saturated heterocycles. The summed E-state index contributed by atoms with van der Waals surface area (Å²) in [7, 11) is 3.35. The molecule has 2 aromatic rings. The summed E-state index contributed by atoms with van der Waals surface area (Å²) in [5.41, 5.74) is 3.33. The van der Waals surface area contributed by atoms with E-state index in [0.717, 1.165) is 12.1 Å². The van der Waals surface area contributed by atoms with Gasteiger partial charge in [-0.15, -0.1) is 0 Å². The zero-order chi connectivity index (χ0) is 20.5. The average molecular weight is 397 g/mol. The van der Waals surface area contributed by atoms with Gasteiger partial charge in [0.25, 0.3) is 0 Å². The Hall–Kier alpha value is -2.73. The first-order valence-electron chi connectivity index (χ1n) is 10.3. The molecule has 1 heterocycles. The van der Waals surface area contributed by atoms with Crippen molar-refractivity contribution in [2.24, 2.45) is 4.99 Å². The number of nitrogens with one attached hydrogen (secondary N) is 2. The molecule has 29 heavy (non-hydrogen) atoms. The molecule has 1 aliphatic heterocycles. The third-order valence-corrected chi connectivity index (χ3v) is 5.29. The molecule has 0 saturated carbocycles. The molecule has 3 rings (SSSR count). The van der Waals surface area contributed by atoms with E-state index < -0.39 is 0 Å². The standard InChI is InChI=1S/C23H32N4O2/c1-24-23(26-16-20-14-21(29-2)10-11-22(20)28)25-15-18-6-8-19(9-7-18)17-27-12-4-3-5-13-27/h6-11,14,28H,3-5,12-13,15-17H2,1-2H3,(H2,24,25,26). The molecule has 1 fully saturated rings. The van der Waals surface area contributed by atoms with Crippen molar-refractivity contribution >= 4 is 5.96 Å².